The van der Waals surface area contributed by atoms with E-state index in [2.05, 4.69) is 60.6 Å². The molecule has 0 rings (SSSR count). The minimum absolute atomic E-state index is 0.480. The van der Waals surface area contributed by atoms with Crippen LogP contribution >= 0.6 is 22.6 Å². The van der Waals surface area contributed by atoms with Gasteiger partial charge in [0.25, 0.3) is 0 Å². The number of rotatable bonds is 6. The van der Waals surface area contributed by atoms with E-state index in [4.69, 9.17) is 4.74 Å². The zero-order chi connectivity index (χ0) is 9.56. The largest absolute Gasteiger partial charge is 0.371 e. The van der Waals surface area contributed by atoms with Gasteiger partial charge in [0.05, 0.1) is 17.4 Å². The third-order valence-corrected chi connectivity index (χ3v) is 2.23. The number of hydrogen-bond acceptors (Lipinski definition) is 3. The lowest BCUT2D eigenvalue weighted by molar-refractivity contribution is 0.0805. The molecule has 0 aliphatic carbocycles. The molecule has 0 spiro atoms. The Kier molecular flexibility index (Phi) is 7.41. The lowest BCUT2D eigenvalue weighted by atomic mass is 10.3. The monoisotopic (exact) mass is 286 g/mol. The molecule has 0 atom stereocenters. The van der Waals surface area contributed by atoms with E-state index in [9.17, 15) is 0 Å². The summed E-state index contributed by atoms with van der Waals surface area (Å²) in [6.45, 7) is 0.837. The molecule has 0 bridgehead atoms. The van der Waals surface area contributed by atoms with E-state index in [1.54, 1.807) is 0 Å². The van der Waals surface area contributed by atoms with Gasteiger partial charge in [0, 0.05) is 0 Å². The summed E-state index contributed by atoms with van der Waals surface area (Å²) >= 11 is 2.22. The molecule has 0 radical (unpaired) electrons. The van der Waals surface area contributed by atoms with Crippen molar-refractivity contribution in [3.8, 4) is 0 Å². The van der Waals surface area contributed by atoms with E-state index in [0.29, 0.717) is 6.17 Å². The van der Waals surface area contributed by atoms with Gasteiger partial charge in [-0.05, 0) is 34.6 Å². The maximum Gasteiger partial charge on any atom is 0.0979 e. The van der Waals surface area contributed by atoms with Gasteiger partial charge in [-0.3, -0.25) is 9.80 Å². The van der Waals surface area contributed by atoms with Gasteiger partial charge >= 0.3 is 0 Å². The molecule has 0 heterocycles. The SMILES string of the molecule is CN(C)C(CCOCI)N(C)C. The zero-order valence-electron chi connectivity index (χ0n) is 8.38. The highest BCUT2D eigenvalue weighted by atomic mass is 127. The second-order valence-electron chi connectivity index (χ2n) is 3.21. The van der Waals surface area contributed by atoms with Crippen molar-refractivity contribution in [2.45, 2.75) is 12.6 Å². The van der Waals surface area contributed by atoms with Crippen LogP contribution in [0.3, 0.4) is 0 Å². The van der Waals surface area contributed by atoms with Crippen molar-refractivity contribution < 1.29 is 4.74 Å². The van der Waals surface area contributed by atoms with E-state index < -0.39 is 0 Å². The molecular weight excluding hydrogens is 267 g/mol. The number of halogens is 1. The predicted octanol–water partition coefficient (Wildman–Crippen LogP) is 1.23. The molecule has 0 saturated carbocycles. The summed E-state index contributed by atoms with van der Waals surface area (Å²) in [5, 5.41) is 0. The average molecular weight is 286 g/mol. The van der Waals surface area contributed by atoms with Gasteiger partial charge in [-0.25, -0.2) is 0 Å². The molecule has 0 aromatic heterocycles. The summed E-state index contributed by atoms with van der Waals surface area (Å²) in [4.78, 5) is 4.41. The molecule has 0 aromatic carbocycles. The molecule has 0 saturated heterocycles. The Bertz CT molecular complexity index is 101. The molecule has 0 aromatic rings. The molecule has 0 unspecified atom stereocenters. The Morgan fingerprint density at radius 2 is 1.67 bits per heavy atom. The topological polar surface area (TPSA) is 15.7 Å². The van der Waals surface area contributed by atoms with Crippen LogP contribution in [0.1, 0.15) is 6.42 Å². The number of alkyl halides is 1. The van der Waals surface area contributed by atoms with Crippen molar-refractivity contribution in [3.63, 3.8) is 0 Å². The Morgan fingerprint density at radius 1 is 1.17 bits per heavy atom. The van der Waals surface area contributed by atoms with Crippen LogP contribution in [0.4, 0.5) is 0 Å². The maximum atomic E-state index is 5.30. The minimum atomic E-state index is 0.480. The molecule has 0 fully saturated rings. The quantitative estimate of drug-likeness (QED) is 0.316. The highest BCUT2D eigenvalue weighted by Crippen LogP contribution is 2.03. The second kappa shape index (κ2) is 7.06. The highest BCUT2D eigenvalue weighted by molar-refractivity contribution is 14.1. The van der Waals surface area contributed by atoms with Gasteiger partial charge in [0.2, 0.25) is 0 Å². The molecule has 0 N–H and O–H groups in total. The Morgan fingerprint density at radius 3 is 2.00 bits per heavy atom. The first-order chi connectivity index (χ1) is 5.59. The van der Waals surface area contributed by atoms with Crippen LogP contribution < -0.4 is 0 Å². The van der Waals surface area contributed by atoms with Crippen molar-refractivity contribution >= 4 is 22.6 Å². The molecule has 74 valence electrons. The van der Waals surface area contributed by atoms with E-state index >= 15 is 0 Å². The first-order valence-electron chi connectivity index (χ1n) is 4.06. The molecule has 0 amide bonds. The fourth-order valence-corrected chi connectivity index (χ4v) is 1.53. The van der Waals surface area contributed by atoms with Gasteiger partial charge in [0.15, 0.2) is 0 Å². The fraction of sp³-hybridized carbons (Fsp3) is 1.00. The molecule has 0 aliphatic rings. The summed E-state index contributed by atoms with van der Waals surface area (Å²) in [6.07, 6.45) is 1.54. The van der Waals surface area contributed by atoms with Gasteiger partial charge in [-0.1, -0.05) is 22.6 Å². The molecule has 4 heteroatoms. The third kappa shape index (κ3) is 5.29. The summed E-state index contributed by atoms with van der Waals surface area (Å²) in [5.41, 5.74) is 0. The number of hydrogen-bond donors (Lipinski definition) is 0. The Labute approximate surface area is 89.2 Å². The molecular formula is C8H19IN2O. The fourth-order valence-electron chi connectivity index (χ4n) is 1.22. The van der Waals surface area contributed by atoms with Gasteiger partial charge in [0.1, 0.15) is 0 Å². The number of nitrogens with zero attached hydrogens (tertiary/aromatic N) is 2. The Hall–Kier alpha value is 0.610. The van der Waals surface area contributed by atoms with Crippen LogP contribution in [0.5, 0.6) is 0 Å². The van der Waals surface area contributed by atoms with Crippen molar-refractivity contribution in [2.24, 2.45) is 0 Å². The normalized spacial score (nSPS) is 12.0. The minimum Gasteiger partial charge on any atom is -0.371 e. The highest BCUT2D eigenvalue weighted by Gasteiger charge is 2.12. The van der Waals surface area contributed by atoms with Crippen molar-refractivity contribution in [1.29, 1.82) is 0 Å². The summed E-state index contributed by atoms with van der Waals surface area (Å²) in [6, 6.07) is 0. The van der Waals surface area contributed by atoms with Crippen molar-refractivity contribution in [3.05, 3.63) is 0 Å². The predicted molar refractivity (Wildman–Crippen MR) is 60.6 cm³/mol. The van der Waals surface area contributed by atoms with Crippen LogP contribution in [0.25, 0.3) is 0 Å². The molecule has 12 heavy (non-hydrogen) atoms. The van der Waals surface area contributed by atoms with Crippen LogP contribution in [0, 0.1) is 0 Å². The summed E-state index contributed by atoms with van der Waals surface area (Å²) in [5.74, 6) is 0. The zero-order valence-corrected chi connectivity index (χ0v) is 10.5. The summed E-state index contributed by atoms with van der Waals surface area (Å²) < 4.78 is 6.08. The number of ether oxygens (including phenoxy) is 1. The van der Waals surface area contributed by atoms with Gasteiger partial charge < -0.3 is 4.74 Å². The van der Waals surface area contributed by atoms with E-state index in [1.807, 2.05) is 0 Å². The molecule has 0 aliphatic heterocycles. The lowest BCUT2D eigenvalue weighted by Gasteiger charge is -2.30. The van der Waals surface area contributed by atoms with Crippen LogP contribution in [-0.2, 0) is 4.74 Å². The maximum absolute atomic E-state index is 5.30. The van der Waals surface area contributed by atoms with Gasteiger partial charge in [-0.2, -0.15) is 0 Å². The third-order valence-electron chi connectivity index (χ3n) is 1.79. The molecule has 3 nitrogen and oxygen atoms in total. The lowest BCUT2D eigenvalue weighted by Crippen LogP contribution is -2.41. The van der Waals surface area contributed by atoms with Crippen LogP contribution in [0.2, 0.25) is 0 Å². The second-order valence-corrected chi connectivity index (χ2v) is 3.84. The van der Waals surface area contributed by atoms with Crippen LogP contribution in [0.15, 0.2) is 0 Å². The first kappa shape index (κ1) is 12.6. The first-order valence-corrected chi connectivity index (χ1v) is 5.58. The standard InChI is InChI=1S/C8H19IN2O/c1-10(2)8(11(3)4)5-6-12-7-9/h8H,5-7H2,1-4H3. The van der Waals surface area contributed by atoms with Gasteiger partial charge in [-0.15, -0.1) is 0 Å². The van der Waals surface area contributed by atoms with Crippen molar-refractivity contribution in [2.75, 3.05) is 39.4 Å². The van der Waals surface area contributed by atoms with E-state index in [0.717, 1.165) is 17.6 Å². The summed E-state index contributed by atoms with van der Waals surface area (Å²) in [7, 11) is 8.37. The Balaban J connectivity index is 3.64. The smallest absolute Gasteiger partial charge is 0.0979 e. The van der Waals surface area contributed by atoms with Crippen molar-refractivity contribution in [1.82, 2.24) is 9.80 Å². The van der Waals surface area contributed by atoms with Crippen LogP contribution in [-0.4, -0.2) is 55.4 Å². The van der Waals surface area contributed by atoms with E-state index in [1.165, 1.54) is 0 Å². The average Bonchev–Trinajstić information content (AvgIpc) is 1.96. The van der Waals surface area contributed by atoms with E-state index in [-0.39, 0.29) is 0 Å².